The van der Waals surface area contributed by atoms with Gasteiger partial charge >= 0.3 is 0 Å². The van der Waals surface area contributed by atoms with E-state index < -0.39 is 48.6 Å². The SMILES string of the molecule is Cc1cc2ncnc(N[C@H]3O[C@@H](C)[C@H](NC(=O)[C@H]4[C@@H](O)CCN4C)[C@@H](O)[C@@H]3O)c2[nH]1. The van der Waals surface area contributed by atoms with Gasteiger partial charge in [0.1, 0.15) is 30.1 Å². The molecule has 6 N–H and O–H groups in total. The first kappa shape index (κ1) is 20.9. The predicted molar refractivity (Wildman–Crippen MR) is 108 cm³/mol. The van der Waals surface area contributed by atoms with E-state index in [1.807, 2.05) is 13.0 Å². The molecular formula is C19H28N6O5. The van der Waals surface area contributed by atoms with Gasteiger partial charge in [0.25, 0.3) is 0 Å². The fraction of sp³-hybridized carbons (Fsp3) is 0.632. The zero-order chi connectivity index (χ0) is 21.6. The molecule has 164 valence electrons. The summed E-state index contributed by atoms with van der Waals surface area (Å²) in [5.74, 6) is 0.0368. The van der Waals surface area contributed by atoms with Crippen molar-refractivity contribution in [2.45, 2.75) is 63.0 Å². The van der Waals surface area contributed by atoms with Crippen molar-refractivity contribution >= 4 is 22.8 Å². The second-order valence-electron chi connectivity index (χ2n) is 8.14. The minimum absolute atomic E-state index is 0.403. The van der Waals surface area contributed by atoms with Crippen LogP contribution in [0.1, 0.15) is 19.0 Å². The van der Waals surface area contributed by atoms with Crippen LogP contribution in [0.5, 0.6) is 0 Å². The Labute approximate surface area is 173 Å². The first-order chi connectivity index (χ1) is 14.3. The molecule has 11 nitrogen and oxygen atoms in total. The molecule has 2 aliphatic rings. The zero-order valence-electron chi connectivity index (χ0n) is 17.1. The number of carbonyl (C=O) groups is 1. The van der Waals surface area contributed by atoms with E-state index in [1.54, 1.807) is 18.9 Å². The molecule has 0 aromatic carbocycles. The van der Waals surface area contributed by atoms with Gasteiger partial charge in [0, 0.05) is 12.2 Å². The number of ether oxygens (including phenoxy) is 1. The molecule has 0 unspecified atom stereocenters. The summed E-state index contributed by atoms with van der Waals surface area (Å²) in [6.45, 7) is 4.21. The number of rotatable bonds is 4. The topological polar surface area (TPSA) is 156 Å². The van der Waals surface area contributed by atoms with Gasteiger partial charge in [0.15, 0.2) is 12.0 Å². The summed E-state index contributed by atoms with van der Waals surface area (Å²) in [7, 11) is 1.76. The summed E-state index contributed by atoms with van der Waals surface area (Å²) in [5.41, 5.74) is 2.30. The van der Waals surface area contributed by atoms with Crippen molar-refractivity contribution < 1.29 is 24.9 Å². The molecule has 2 aromatic rings. The van der Waals surface area contributed by atoms with Crippen LogP contribution >= 0.6 is 0 Å². The van der Waals surface area contributed by atoms with Gasteiger partial charge in [-0.05, 0) is 33.4 Å². The number of hydrogen-bond acceptors (Lipinski definition) is 9. The maximum absolute atomic E-state index is 12.7. The minimum Gasteiger partial charge on any atom is -0.391 e. The number of likely N-dealkylation sites (N-methyl/N-ethyl adjacent to an activating group) is 1. The summed E-state index contributed by atoms with van der Waals surface area (Å²) in [6.07, 6.45) is -3.00. The van der Waals surface area contributed by atoms with Crippen molar-refractivity contribution in [3.63, 3.8) is 0 Å². The van der Waals surface area contributed by atoms with E-state index in [0.29, 0.717) is 29.8 Å². The second-order valence-corrected chi connectivity index (χ2v) is 8.14. The third kappa shape index (κ3) is 3.74. The fourth-order valence-corrected chi connectivity index (χ4v) is 4.25. The maximum atomic E-state index is 12.7. The van der Waals surface area contributed by atoms with Crippen LogP contribution in [0.2, 0.25) is 0 Å². The van der Waals surface area contributed by atoms with E-state index >= 15 is 0 Å². The van der Waals surface area contributed by atoms with Crippen molar-refractivity contribution in [1.82, 2.24) is 25.2 Å². The zero-order valence-corrected chi connectivity index (χ0v) is 17.1. The van der Waals surface area contributed by atoms with Gasteiger partial charge in [-0.3, -0.25) is 9.69 Å². The Hall–Kier alpha value is -2.31. The van der Waals surface area contributed by atoms with E-state index in [4.69, 9.17) is 4.74 Å². The number of carbonyl (C=O) groups excluding carboxylic acids is 1. The molecule has 11 heteroatoms. The molecule has 4 heterocycles. The highest BCUT2D eigenvalue weighted by Gasteiger charge is 2.45. The molecule has 0 aliphatic carbocycles. The number of H-pyrrole nitrogens is 1. The Morgan fingerprint density at radius 1 is 1.30 bits per heavy atom. The number of nitrogens with zero attached hydrogens (tertiary/aromatic N) is 3. The Bertz CT molecular complexity index is 912. The summed E-state index contributed by atoms with van der Waals surface area (Å²) in [4.78, 5) is 26.0. The lowest BCUT2D eigenvalue weighted by Crippen LogP contribution is -2.65. The lowest BCUT2D eigenvalue weighted by molar-refractivity contribution is -0.173. The molecular weight excluding hydrogens is 392 g/mol. The fourth-order valence-electron chi connectivity index (χ4n) is 4.25. The molecule has 30 heavy (non-hydrogen) atoms. The molecule has 4 rings (SSSR count). The van der Waals surface area contributed by atoms with Crippen molar-refractivity contribution in [3.8, 4) is 0 Å². The summed E-state index contributed by atoms with van der Waals surface area (Å²) < 4.78 is 5.87. The van der Waals surface area contributed by atoms with E-state index in [1.165, 1.54) is 6.33 Å². The number of anilines is 1. The number of amides is 1. The van der Waals surface area contributed by atoms with Gasteiger partial charge in [0.2, 0.25) is 5.91 Å². The van der Waals surface area contributed by atoms with E-state index in [-0.39, 0.29) is 0 Å². The van der Waals surface area contributed by atoms with E-state index in [9.17, 15) is 20.1 Å². The highest BCUT2D eigenvalue weighted by molar-refractivity contribution is 5.86. The van der Waals surface area contributed by atoms with Crippen LogP contribution in [0.15, 0.2) is 12.4 Å². The normalized spacial score (nSPS) is 34.9. The first-order valence-electron chi connectivity index (χ1n) is 10.0. The van der Waals surface area contributed by atoms with Crippen LogP contribution in [0.3, 0.4) is 0 Å². The summed E-state index contributed by atoms with van der Waals surface area (Å²) in [6, 6.07) is 0.352. The molecule has 0 radical (unpaired) electrons. The van der Waals surface area contributed by atoms with Crippen LogP contribution in [0, 0.1) is 6.92 Å². The smallest absolute Gasteiger partial charge is 0.240 e. The maximum Gasteiger partial charge on any atom is 0.240 e. The van der Waals surface area contributed by atoms with Crippen LogP contribution in [-0.2, 0) is 9.53 Å². The van der Waals surface area contributed by atoms with Crippen LogP contribution in [0.4, 0.5) is 5.82 Å². The molecule has 0 saturated carbocycles. The van der Waals surface area contributed by atoms with Gasteiger partial charge < -0.3 is 35.7 Å². The molecule has 2 saturated heterocycles. The lowest BCUT2D eigenvalue weighted by Gasteiger charge is -2.42. The van der Waals surface area contributed by atoms with Crippen LogP contribution in [0.25, 0.3) is 11.0 Å². The van der Waals surface area contributed by atoms with Crippen molar-refractivity contribution in [2.24, 2.45) is 0 Å². The molecule has 1 amide bonds. The van der Waals surface area contributed by atoms with Crippen LogP contribution in [-0.4, -0.2) is 97.4 Å². The Balaban J connectivity index is 1.46. The van der Waals surface area contributed by atoms with Crippen molar-refractivity contribution in [2.75, 3.05) is 18.9 Å². The summed E-state index contributed by atoms with van der Waals surface area (Å²) in [5, 5.41) is 37.2. The van der Waals surface area contributed by atoms with Crippen molar-refractivity contribution in [1.29, 1.82) is 0 Å². The number of likely N-dealkylation sites (tertiary alicyclic amines) is 1. The highest BCUT2D eigenvalue weighted by Crippen LogP contribution is 2.26. The average Bonchev–Trinajstić information content (AvgIpc) is 3.24. The van der Waals surface area contributed by atoms with Gasteiger partial charge in [-0.25, -0.2) is 9.97 Å². The van der Waals surface area contributed by atoms with Crippen molar-refractivity contribution in [3.05, 3.63) is 18.1 Å². The highest BCUT2D eigenvalue weighted by atomic mass is 16.5. The number of aromatic amines is 1. The Morgan fingerprint density at radius 2 is 2.07 bits per heavy atom. The Kier molecular flexibility index (Phi) is 5.64. The third-order valence-corrected chi connectivity index (χ3v) is 5.92. The molecule has 2 aliphatic heterocycles. The quantitative estimate of drug-likeness (QED) is 0.354. The Morgan fingerprint density at radius 3 is 2.77 bits per heavy atom. The molecule has 2 aromatic heterocycles. The molecule has 0 bridgehead atoms. The molecule has 7 atom stereocenters. The minimum atomic E-state index is -1.32. The number of aliphatic hydroxyl groups is 3. The van der Waals surface area contributed by atoms with E-state index in [2.05, 4.69) is 25.6 Å². The van der Waals surface area contributed by atoms with Gasteiger partial charge in [-0.15, -0.1) is 0 Å². The molecule has 0 spiro atoms. The number of nitrogens with one attached hydrogen (secondary N) is 3. The lowest BCUT2D eigenvalue weighted by atomic mass is 9.95. The third-order valence-electron chi connectivity index (χ3n) is 5.92. The average molecular weight is 420 g/mol. The second kappa shape index (κ2) is 8.08. The number of aromatic nitrogens is 3. The number of aliphatic hydroxyl groups excluding tert-OH is 3. The van der Waals surface area contributed by atoms with Crippen LogP contribution < -0.4 is 10.6 Å². The predicted octanol–water partition coefficient (Wildman–Crippen LogP) is -1.31. The largest absolute Gasteiger partial charge is 0.391 e. The number of fused-ring (bicyclic) bond motifs is 1. The van der Waals surface area contributed by atoms with E-state index in [0.717, 1.165) is 5.69 Å². The number of aryl methyl sites for hydroxylation is 1. The van der Waals surface area contributed by atoms with Gasteiger partial charge in [-0.1, -0.05) is 0 Å². The van der Waals surface area contributed by atoms with Gasteiger partial charge in [0.05, 0.1) is 23.8 Å². The molecule has 2 fully saturated rings. The standard InChI is InChI=1S/C19H28N6O5/c1-8-6-10-13(22-8)17(21-7-20-10)24-19-16(28)15(27)12(9(2)30-19)23-18(29)14-11(26)4-5-25(14)3/h6-7,9,11-12,14-16,19,22,26-28H,4-5H2,1-3H3,(H,23,29)(H,20,21,24)/t9-,11-,12-,14+,15+,16-,19-/m0/s1. The first-order valence-corrected chi connectivity index (χ1v) is 10.0. The monoisotopic (exact) mass is 420 g/mol. The number of hydrogen-bond donors (Lipinski definition) is 6. The summed E-state index contributed by atoms with van der Waals surface area (Å²) >= 11 is 0. The van der Waals surface area contributed by atoms with Gasteiger partial charge in [-0.2, -0.15) is 0 Å².